The second-order valence-corrected chi connectivity index (χ2v) is 6.77. The van der Waals surface area contributed by atoms with E-state index in [0.29, 0.717) is 30.8 Å². The summed E-state index contributed by atoms with van der Waals surface area (Å²) in [6, 6.07) is 14.9. The van der Waals surface area contributed by atoms with E-state index in [2.05, 4.69) is 0 Å². The summed E-state index contributed by atoms with van der Waals surface area (Å²) in [7, 11) is 1.59. The highest BCUT2D eigenvalue weighted by Crippen LogP contribution is 2.31. The first-order chi connectivity index (χ1) is 13.6. The Hall–Kier alpha value is -3.32. The van der Waals surface area contributed by atoms with E-state index in [1.807, 2.05) is 28.8 Å². The molecule has 1 aliphatic rings. The van der Waals surface area contributed by atoms with Crippen LogP contribution in [0.15, 0.2) is 48.5 Å². The number of hydrogen-bond donors (Lipinski definition) is 2. The van der Waals surface area contributed by atoms with Crippen LogP contribution in [0.3, 0.4) is 0 Å². The van der Waals surface area contributed by atoms with E-state index in [1.165, 1.54) is 0 Å². The van der Waals surface area contributed by atoms with Gasteiger partial charge in [-0.3, -0.25) is 14.8 Å². The van der Waals surface area contributed by atoms with Gasteiger partial charge in [0.25, 0.3) is 11.8 Å². The van der Waals surface area contributed by atoms with Gasteiger partial charge in [-0.1, -0.05) is 18.2 Å². The van der Waals surface area contributed by atoms with Gasteiger partial charge in [-0.05, 0) is 42.3 Å². The van der Waals surface area contributed by atoms with Crippen LogP contribution < -0.4 is 10.2 Å². The van der Waals surface area contributed by atoms with Crippen molar-refractivity contribution in [3.05, 3.63) is 65.4 Å². The van der Waals surface area contributed by atoms with Gasteiger partial charge in [0, 0.05) is 28.7 Å². The van der Waals surface area contributed by atoms with E-state index >= 15 is 0 Å². The third-order valence-electron chi connectivity index (χ3n) is 5.22. The number of carbonyl (C=O) groups excluding carboxylic acids is 2. The van der Waals surface area contributed by atoms with Crippen molar-refractivity contribution >= 4 is 22.7 Å². The average molecular weight is 379 g/mol. The van der Waals surface area contributed by atoms with Crippen molar-refractivity contribution in [3.8, 4) is 5.75 Å². The topological polar surface area (TPSA) is 83.8 Å². The van der Waals surface area contributed by atoms with Crippen LogP contribution in [-0.2, 0) is 24.3 Å². The van der Waals surface area contributed by atoms with Crippen molar-refractivity contribution in [2.45, 2.75) is 19.5 Å². The Bertz CT molecular complexity index is 1040. The summed E-state index contributed by atoms with van der Waals surface area (Å²) in [6.45, 7) is 1.02. The summed E-state index contributed by atoms with van der Waals surface area (Å²) in [5, 5.41) is 10.0. The molecule has 0 radical (unpaired) electrons. The van der Waals surface area contributed by atoms with Crippen LogP contribution in [0.2, 0.25) is 0 Å². The second-order valence-electron chi connectivity index (χ2n) is 6.77. The standard InChI is InChI=1S/C21H21N3O4/c1-28-15-8-6-14(7-9-15)21(26)23-11-10-17-16-4-2-3-5-18(16)24(19(17)12-23)13-20(25)22-27/h2-9,27H,10-13H2,1H3,(H,22,25). The number of methoxy groups -OCH3 is 1. The number of amides is 2. The molecule has 1 aromatic heterocycles. The molecule has 2 N–H and O–H groups in total. The molecule has 2 heterocycles. The maximum atomic E-state index is 13.0. The number of nitrogens with zero attached hydrogens (tertiary/aromatic N) is 2. The molecule has 0 aliphatic carbocycles. The molecule has 0 bridgehead atoms. The highest BCUT2D eigenvalue weighted by molar-refractivity contribution is 5.95. The monoisotopic (exact) mass is 379 g/mol. The number of fused-ring (bicyclic) bond motifs is 3. The quantitative estimate of drug-likeness (QED) is 0.538. The van der Waals surface area contributed by atoms with Crippen LogP contribution >= 0.6 is 0 Å². The minimum Gasteiger partial charge on any atom is -0.497 e. The molecular weight excluding hydrogens is 358 g/mol. The predicted octanol–water partition coefficient (Wildman–Crippen LogP) is 2.35. The van der Waals surface area contributed by atoms with Gasteiger partial charge in [0.1, 0.15) is 12.3 Å². The number of hydroxylamine groups is 1. The van der Waals surface area contributed by atoms with E-state index in [9.17, 15) is 9.59 Å². The molecule has 0 saturated heterocycles. The summed E-state index contributed by atoms with van der Waals surface area (Å²) in [5.41, 5.74) is 5.30. The van der Waals surface area contributed by atoms with Crippen molar-refractivity contribution in [2.75, 3.05) is 13.7 Å². The van der Waals surface area contributed by atoms with E-state index in [-0.39, 0.29) is 12.5 Å². The van der Waals surface area contributed by atoms with E-state index in [1.54, 1.807) is 41.8 Å². The van der Waals surface area contributed by atoms with Crippen molar-refractivity contribution in [1.29, 1.82) is 0 Å². The Labute approximate surface area is 162 Å². The van der Waals surface area contributed by atoms with Crippen LogP contribution in [0.1, 0.15) is 21.6 Å². The lowest BCUT2D eigenvalue weighted by Crippen LogP contribution is -2.37. The van der Waals surface area contributed by atoms with Crippen LogP contribution in [-0.4, -0.2) is 40.1 Å². The van der Waals surface area contributed by atoms with Gasteiger partial charge in [0.15, 0.2) is 0 Å². The lowest BCUT2D eigenvalue weighted by molar-refractivity contribution is -0.129. The van der Waals surface area contributed by atoms with Gasteiger partial charge in [0.05, 0.1) is 13.7 Å². The molecule has 7 nitrogen and oxygen atoms in total. The van der Waals surface area contributed by atoms with Gasteiger partial charge in [-0.2, -0.15) is 0 Å². The molecule has 7 heteroatoms. The number of nitrogens with one attached hydrogen (secondary N) is 1. The molecule has 1 aliphatic heterocycles. The van der Waals surface area contributed by atoms with Crippen LogP contribution in [0, 0.1) is 0 Å². The first kappa shape index (κ1) is 18.1. The van der Waals surface area contributed by atoms with Crippen LogP contribution in [0.5, 0.6) is 5.75 Å². The molecule has 0 fully saturated rings. The molecule has 2 amide bonds. The first-order valence-corrected chi connectivity index (χ1v) is 9.07. The fourth-order valence-electron chi connectivity index (χ4n) is 3.84. The van der Waals surface area contributed by atoms with Crippen molar-refractivity contribution < 1.29 is 19.5 Å². The van der Waals surface area contributed by atoms with Gasteiger partial charge in [-0.25, -0.2) is 5.48 Å². The third kappa shape index (κ3) is 3.10. The zero-order valence-corrected chi connectivity index (χ0v) is 15.5. The fraction of sp³-hybridized carbons (Fsp3) is 0.238. The number of carbonyl (C=O) groups is 2. The average Bonchev–Trinajstić information content (AvgIpc) is 3.06. The minimum atomic E-state index is -0.498. The number of hydrogen-bond acceptors (Lipinski definition) is 4. The SMILES string of the molecule is COc1ccc(C(=O)N2CCc3c(n(CC(=O)NO)c4ccccc34)C2)cc1. The van der Waals surface area contributed by atoms with Gasteiger partial charge >= 0.3 is 0 Å². The molecule has 0 atom stereocenters. The zero-order chi connectivity index (χ0) is 19.7. The van der Waals surface area contributed by atoms with Crippen LogP contribution in [0.4, 0.5) is 0 Å². The van der Waals surface area contributed by atoms with Crippen molar-refractivity contribution in [2.24, 2.45) is 0 Å². The number of ether oxygens (including phenoxy) is 1. The number of para-hydroxylation sites is 1. The Morgan fingerprint density at radius 2 is 1.89 bits per heavy atom. The number of benzene rings is 2. The summed E-state index contributed by atoms with van der Waals surface area (Å²) in [5.74, 6) is 0.145. The van der Waals surface area contributed by atoms with Gasteiger partial charge < -0.3 is 14.2 Å². The molecule has 0 saturated carbocycles. The highest BCUT2D eigenvalue weighted by Gasteiger charge is 2.27. The molecule has 0 unspecified atom stereocenters. The highest BCUT2D eigenvalue weighted by atomic mass is 16.5. The Kier molecular flexibility index (Phi) is 4.75. The molecule has 144 valence electrons. The summed E-state index contributed by atoms with van der Waals surface area (Å²) < 4.78 is 7.03. The van der Waals surface area contributed by atoms with Gasteiger partial charge in [0.2, 0.25) is 0 Å². The Morgan fingerprint density at radius 3 is 2.61 bits per heavy atom. The molecule has 28 heavy (non-hydrogen) atoms. The lowest BCUT2D eigenvalue weighted by atomic mass is 10.0. The summed E-state index contributed by atoms with van der Waals surface area (Å²) in [6.07, 6.45) is 0.714. The number of aromatic nitrogens is 1. The largest absolute Gasteiger partial charge is 0.497 e. The molecular formula is C21H21N3O4. The van der Waals surface area contributed by atoms with Crippen molar-refractivity contribution in [1.82, 2.24) is 14.9 Å². The molecule has 3 aromatic rings. The van der Waals surface area contributed by atoms with Crippen molar-refractivity contribution in [3.63, 3.8) is 0 Å². The van der Waals surface area contributed by atoms with E-state index in [4.69, 9.17) is 9.94 Å². The van der Waals surface area contributed by atoms with Crippen LogP contribution in [0.25, 0.3) is 10.9 Å². The fourth-order valence-corrected chi connectivity index (χ4v) is 3.84. The Balaban J connectivity index is 1.68. The lowest BCUT2D eigenvalue weighted by Gasteiger charge is -2.28. The molecule has 4 rings (SSSR count). The smallest absolute Gasteiger partial charge is 0.263 e. The zero-order valence-electron chi connectivity index (χ0n) is 15.5. The van der Waals surface area contributed by atoms with Gasteiger partial charge in [-0.15, -0.1) is 0 Å². The predicted molar refractivity (Wildman–Crippen MR) is 103 cm³/mol. The molecule has 0 spiro atoms. The summed E-state index contributed by atoms with van der Waals surface area (Å²) >= 11 is 0. The maximum Gasteiger partial charge on any atom is 0.263 e. The maximum absolute atomic E-state index is 13.0. The minimum absolute atomic E-state index is 0.00306. The Morgan fingerprint density at radius 1 is 1.14 bits per heavy atom. The first-order valence-electron chi connectivity index (χ1n) is 9.07. The second kappa shape index (κ2) is 7.36. The van der Waals surface area contributed by atoms with E-state index < -0.39 is 5.91 Å². The van der Waals surface area contributed by atoms with E-state index in [0.717, 1.165) is 22.2 Å². The summed E-state index contributed by atoms with van der Waals surface area (Å²) in [4.78, 5) is 26.6. The number of rotatable bonds is 4. The normalized spacial score (nSPS) is 13.3. The molecule has 2 aromatic carbocycles. The third-order valence-corrected chi connectivity index (χ3v) is 5.22.